The van der Waals surface area contributed by atoms with Gasteiger partial charge in [0.2, 0.25) is 5.95 Å². The molecule has 0 spiro atoms. The van der Waals surface area contributed by atoms with E-state index in [4.69, 9.17) is 9.97 Å². The molecule has 7 aromatic carbocycles. The molecule has 0 saturated carbocycles. The van der Waals surface area contributed by atoms with Crippen LogP contribution in [0.4, 0.5) is 0 Å². The van der Waals surface area contributed by atoms with Crippen LogP contribution in [-0.2, 0) is 0 Å². The quantitative estimate of drug-likeness (QED) is 0.194. The Morgan fingerprint density at radius 2 is 1.02 bits per heavy atom. The van der Waals surface area contributed by atoms with E-state index in [1.54, 1.807) is 0 Å². The van der Waals surface area contributed by atoms with Gasteiger partial charge in [0.15, 0.2) is 0 Å². The summed E-state index contributed by atoms with van der Waals surface area (Å²) in [6, 6.07) is 58.1. The lowest BCUT2D eigenvalue weighted by atomic mass is 10.0. The van der Waals surface area contributed by atoms with Gasteiger partial charge in [-0.15, -0.1) is 11.3 Å². The molecule has 224 valence electrons. The topological polar surface area (TPSA) is 30.7 Å². The lowest BCUT2D eigenvalue weighted by Gasteiger charge is -2.12. The van der Waals surface area contributed by atoms with Crippen molar-refractivity contribution >= 4 is 64.2 Å². The molecule has 0 radical (unpaired) electrons. The number of benzene rings is 7. The molecule has 3 aromatic heterocycles. The van der Waals surface area contributed by atoms with E-state index >= 15 is 0 Å². The predicted octanol–water partition coefficient (Wildman–Crippen LogP) is 12.1. The highest BCUT2D eigenvalue weighted by Crippen LogP contribution is 2.46. The molecule has 0 atom stereocenters. The SMILES string of the molecule is c1ccc(-c2ccc(-c3nc(-n4c5ccccc5c5c6sc7c(-c8ccccc8)cccc7c6ccc54)nc4ccccc34)cc2)cc1. The van der Waals surface area contributed by atoms with Crippen LogP contribution in [-0.4, -0.2) is 14.5 Å². The van der Waals surface area contributed by atoms with Gasteiger partial charge in [-0.1, -0.05) is 146 Å². The normalized spacial score (nSPS) is 11.8. The van der Waals surface area contributed by atoms with E-state index in [1.165, 1.54) is 53.2 Å². The largest absolute Gasteiger partial charge is 0.278 e. The highest BCUT2D eigenvalue weighted by atomic mass is 32.1. The second kappa shape index (κ2) is 10.7. The number of thiophene rings is 1. The summed E-state index contributed by atoms with van der Waals surface area (Å²) >= 11 is 1.88. The number of fused-ring (bicyclic) bond motifs is 8. The minimum Gasteiger partial charge on any atom is -0.278 e. The molecule has 4 heteroatoms. The lowest BCUT2D eigenvalue weighted by molar-refractivity contribution is 1.01. The summed E-state index contributed by atoms with van der Waals surface area (Å²) in [7, 11) is 0. The van der Waals surface area contributed by atoms with Crippen molar-refractivity contribution in [1.82, 2.24) is 14.5 Å². The molecule has 0 saturated heterocycles. The van der Waals surface area contributed by atoms with Crippen LogP contribution in [0.2, 0.25) is 0 Å². The molecular formula is C44H27N3S. The maximum atomic E-state index is 5.35. The van der Waals surface area contributed by atoms with Crippen LogP contribution in [0.25, 0.3) is 92.3 Å². The van der Waals surface area contributed by atoms with Gasteiger partial charge in [0.1, 0.15) is 0 Å². The highest BCUT2D eigenvalue weighted by molar-refractivity contribution is 7.27. The molecule has 0 N–H and O–H groups in total. The number of para-hydroxylation sites is 2. The zero-order valence-electron chi connectivity index (χ0n) is 25.8. The summed E-state index contributed by atoms with van der Waals surface area (Å²) in [6.45, 7) is 0. The van der Waals surface area contributed by atoms with Crippen LogP contribution in [0.3, 0.4) is 0 Å². The Kier molecular flexibility index (Phi) is 6.05. The molecule has 0 amide bonds. The number of hydrogen-bond acceptors (Lipinski definition) is 3. The molecular weight excluding hydrogens is 603 g/mol. The number of nitrogens with zero attached hydrogens (tertiary/aromatic N) is 3. The fourth-order valence-electron chi connectivity index (χ4n) is 7.20. The van der Waals surface area contributed by atoms with Gasteiger partial charge in [0.05, 0.1) is 22.2 Å². The zero-order valence-corrected chi connectivity index (χ0v) is 26.7. The molecule has 10 aromatic rings. The predicted molar refractivity (Wildman–Crippen MR) is 203 cm³/mol. The van der Waals surface area contributed by atoms with Gasteiger partial charge >= 0.3 is 0 Å². The molecule has 3 heterocycles. The van der Waals surface area contributed by atoms with E-state index in [0.29, 0.717) is 5.95 Å². The van der Waals surface area contributed by atoms with Gasteiger partial charge in [0.25, 0.3) is 0 Å². The van der Waals surface area contributed by atoms with Crippen molar-refractivity contribution < 1.29 is 0 Å². The van der Waals surface area contributed by atoms with Crippen LogP contribution in [0.1, 0.15) is 0 Å². The Hall–Kier alpha value is -6.10. The first kappa shape index (κ1) is 27.1. The Labute approximate surface area is 281 Å². The maximum Gasteiger partial charge on any atom is 0.235 e. The zero-order chi connectivity index (χ0) is 31.6. The average Bonchev–Trinajstić information content (AvgIpc) is 3.71. The van der Waals surface area contributed by atoms with E-state index in [0.717, 1.165) is 33.2 Å². The Balaban J connectivity index is 1.23. The van der Waals surface area contributed by atoms with Crippen molar-refractivity contribution in [1.29, 1.82) is 0 Å². The fourth-order valence-corrected chi connectivity index (χ4v) is 8.60. The van der Waals surface area contributed by atoms with Crippen molar-refractivity contribution in [2.75, 3.05) is 0 Å². The molecule has 0 bridgehead atoms. The van der Waals surface area contributed by atoms with E-state index in [2.05, 4.69) is 168 Å². The number of hydrogen-bond donors (Lipinski definition) is 0. The summed E-state index contributed by atoms with van der Waals surface area (Å²) in [5.41, 5.74) is 10.0. The molecule has 0 aliphatic heterocycles. The molecule has 3 nitrogen and oxygen atoms in total. The van der Waals surface area contributed by atoms with Gasteiger partial charge in [-0.2, -0.15) is 0 Å². The van der Waals surface area contributed by atoms with Crippen molar-refractivity contribution in [2.45, 2.75) is 0 Å². The fraction of sp³-hybridized carbons (Fsp3) is 0. The van der Waals surface area contributed by atoms with E-state index < -0.39 is 0 Å². The third-order valence-electron chi connectivity index (χ3n) is 9.44. The van der Waals surface area contributed by atoms with Gasteiger partial charge in [-0.3, -0.25) is 4.57 Å². The first-order valence-corrected chi connectivity index (χ1v) is 17.0. The first-order valence-electron chi connectivity index (χ1n) is 16.2. The van der Waals surface area contributed by atoms with Crippen LogP contribution < -0.4 is 0 Å². The van der Waals surface area contributed by atoms with E-state index in [-0.39, 0.29) is 0 Å². The third kappa shape index (κ3) is 4.13. The molecule has 0 unspecified atom stereocenters. The van der Waals surface area contributed by atoms with Crippen LogP contribution in [0, 0.1) is 0 Å². The molecule has 0 fully saturated rings. The van der Waals surface area contributed by atoms with Crippen molar-refractivity contribution in [3.8, 4) is 39.5 Å². The summed E-state index contributed by atoms with van der Waals surface area (Å²) in [5, 5.41) is 6.06. The summed E-state index contributed by atoms with van der Waals surface area (Å²) in [5.74, 6) is 0.674. The average molecular weight is 630 g/mol. The number of aromatic nitrogens is 3. The van der Waals surface area contributed by atoms with E-state index in [9.17, 15) is 0 Å². The van der Waals surface area contributed by atoms with Crippen molar-refractivity contribution in [3.63, 3.8) is 0 Å². The highest BCUT2D eigenvalue weighted by Gasteiger charge is 2.21. The lowest BCUT2D eigenvalue weighted by Crippen LogP contribution is -2.03. The second-order valence-electron chi connectivity index (χ2n) is 12.2. The number of rotatable bonds is 4. The van der Waals surface area contributed by atoms with Gasteiger partial charge in [-0.05, 0) is 40.5 Å². The minimum absolute atomic E-state index is 0.674. The van der Waals surface area contributed by atoms with Crippen LogP contribution >= 0.6 is 11.3 Å². The maximum absolute atomic E-state index is 5.35. The van der Waals surface area contributed by atoms with Crippen molar-refractivity contribution in [3.05, 3.63) is 164 Å². The van der Waals surface area contributed by atoms with Crippen LogP contribution in [0.15, 0.2) is 164 Å². The molecule has 10 rings (SSSR count). The summed E-state index contributed by atoms with van der Waals surface area (Å²) < 4.78 is 4.85. The smallest absolute Gasteiger partial charge is 0.235 e. The summed E-state index contributed by atoms with van der Waals surface area (Å²) in [4.78, 5) is 10.5. The van der Waals surface area contributed by atoms with Gasteiger partial charge < -0.3 is 0 Å². The third-order valence-corrected chi connectivity index (χ3v) is 10.7. The minimum atomic E-state index is 0.674. The molecule has 48 heavy (non-hydrogen) atoms. The monoisotopic (exact) mass is 629 g/mol. The van der Waals surface area contributed by atoms with Gasteiger partial charge in [0, 0.05) is 41.9 Å². The standard InChI is InChI=1S/C44H27N3S/c1-3-12-28(13-4-1)29-22-24-31(25-23-29)41-35-16-7-9-20-37(35)45-44(46-41)47-38-21-10-8-17-36(38)40-39(47)27-26-34-33-19-11-18-32(42(33)48-43(34)40)30-14-5-2-6-15-30/h1-27H. The first-order chi connectivity index (χ1) is 23.8. The Morgan fingerprint density at radius 3 is 1.83 bits per heavy atom. The van der Waals surface area contributed by atoms with E-state index in [1.807, 2.05) is 11.3 Å². The second-order valence-corrected chi connectivity index (χ2v) is 13.2. The molecule has 0 aliphatic rings. The summed E-state index contributed by atoms with van der Waals surface area (Å²) in [6.07, 6.45) is 0. The van der Waals surface area contributed by atoms with Crippen molar-refractivity contribution in [2.24, 2.45) is 0 Å². The Morgan fingerprint density at radius 1 is 0.396 bits per heavy atom. The van der Waals surface area contributed by atoms with Gasteiger partial charge in [-0.25, -0.2) is 9.97 Å². The van der Waals surface area contributed by atoms with Crippen LogP contribution in [0.5, 0.6) is 0 Å². The molecule has 0 aliphatic carbocycles. The Bertz CT molecular complexity index is 2810.